The molecule has 0 saturated carbocycles. The zero-order chi connectivity index (χ0) is 20.6. The van der Waals surface area contributed by atoms with Crippen LogP contribution in [0.15, 0.2) is 91.0 Å². The van der Waals surface area contributed by atoms with Gasteiger partial charge < -0.3 is 14.5 Å². The van der Waals surface area contributed by atoms with E-state index in [-0.39, 0.29) is 0 Å². The van der Waals surface area contributed by atoms with Gasteiger partial charge in [0.1, 0.15) is 17.2 Å². The fraction of sp³-hybridized carbons (Fsp3) is 0.0370. The van der Waals surface area contributed by atoms with Gasteiger partial charge in [-0.15, -0.1) is 0 Å². The lowest BCUT2D eigenvalue weighted by atomic mass is 9.74. The van der Waals surface area contributed by atoms with Crippen molar-refractivity contribution >= 4 is 22.5 Å². The molecule has 3 heterocycles. The van der Waals surface area contributed by atoms with Gasteiger partial charge in [-0.1, -0.05) is 60.1 Å². The molecule has 5 aromatic rings. The average molecular weight is 422 g/mol. The van der Waals surface area contributed by atoms with E-state index in [1.807, 2.05) is 60.7 Å². The SMILES string of the molecule is Clc1ccc2c(c1)C1(Oc3ccccc3-c3[nH]c4ccccc4c31)c1ccccc1O2. The van der Waals surface area contributed by atoms with E-state index in [2.05, 4.69) is 35.3 Å². The summed E-state index contributed by atoms with van der Waals surface area (Å²) in [4.78, 5) is 3.67. The molecule has 0 radical (unpaired) electrons. The number of hydrogen-bond acceptors (Lipinski definition) is 2. The van der Waals surface area contributed by atoms with Gasteiger partial charge in [0.15, 0.2) is 5.60 Å². The van der Waals surface area contributed by atoms with Crippen LogP contribution in [-0.4, -0.2) is 4.98 Å². The molecule has 3 nitrogen and oxygen atoms in total. The Morgan fingerprint density at radius 1 is 0.710 bits per heavy atom. The van der Waals surface area contributed by atoms with Crippen LogP contribution in [0.2, 0.25) is 5.02 Å². The third-order valence-electron chi connectivity index (χ3n) is 6.28. The van der Waals surface area contributed by atoms with Crippen molar-refractivity contribution in [3.05, 3.63) is 113 Å². The van der Waals surface area contributed by atoms with E-state index in [0.717, 1.165) is 56.1 Å². The van der Waals surface area contributed by atoms with Gasteiger partial charge in [0.2, 0.25) is 0 Å². The highest BCUT2D eigenvalue weighted by molar-refractivity contribution is 6.30. The van der Waals surface area contributed by atoms with E-state index < -0.39 is 5.60 Å². The van der Waals surface area contributed by atoms with E-state index in [0.29, 0.717) is 5.02 Å². The Labute approximate surface area is 183 Å². The molecule has 0 aliphatic carbocycles. The van der Waals surface area contributed by atoms with Crippen LogP contribution in [-0.2, 0) is 5.60 Å². The lowest BCUT2D eigenvalue weighted by Crippen LogP contribution is -2.40. The van der Waals surface area contributed by atoms with Gasteiger partial charge in [-0.3, -0.25) is 0 Å². The number of H-pyrrole nitrogens is 1. The lowest BCUT2D eigenvalue weighted by Gasteiger charge is -2.43. The molecule has 2 aliphatic rings. The normalized spacial score (nSPS) is 17.8. The second kappa shape index (κ2) is 5.93. The third-order valence-corrected chi connectivity index (χ3v) is 6.52. The van der Waals surface area contributed by atoms with Crippen molar-refractivity contribution < 1.29 is 9.47 Å². The van der Waals surface area contributed by atoms with E-state index >= 15 is 0 Å². The number of para-hydroxylation sites is 3. The van der Waals surface area contributed by atoms with E-state index in [9.17, 15) is 0 Å². The minimum Gasteiger partial charge on any atom is -0.472 e. The van der Waals surface area contributed by atoms with Crippen LogP contribution < -0.4 is 9.47 Å². The number of halogens is 1. The Balaban J connectivity index is 1.71. The van der Waals surface area contributed by atoms with Crippen molar-refractivity contribution in [1.29, 1.82) is 0 Å². The van der Waals surface area contributed by atoms with Crippen LogP contribution in [0.4, 0.5) is 0 Å². The van der Waals surface area contributed by atoms with Crippen molar-refractivity contribution in [2.75, 3.05) is 0 Å². The topological polar surface area (TPSA) is 34.2 Å². The van der Waals surface area contributed by atoms with Gasteiger partial charge >= 0.3 is 0 Å². The molecule has 0 fully saturated rings. The molecule has 0 saturated heterocycles. The van der Waals surface area contributed by atoms with Crippen LogP contribution in [0.3, 0.4) is 0 Å². The largest absolute Gasteiger partial charge is 0.472 e. The zero-order valence-electron chi connectivity index (χ0n) is 16.4. The van der Waals surface area contributed by atoms with Crippen molar-refractivity contribution in [3.63, 3.8) is 0 Å². The van der Waals surface area contributed by atoms with E-state index in [1.165, 1.54) is 0 Å². The molecule has 4 heteroatoms. The number of rotatable bonds is 0. The minimum atomic E-state index is -0.891. The molecule has 4 aromatic carbocycles. The maximum Gasteiger partial charge on any atom is 0.194 e. The first kappa shape index (κ1) is 17.0. The monoisotopic (exact) mass is 421 g/mol. The molecule has 1 aromatic heterocycles. The van der Waals surface area contributed by atoms with Gasteiger partial charge in [-0.2, -0.15) is 0 Å². The highest BCUT2D eigenvalue weighted by Gasteiger charge is 2.51. The maximum absolute atomic E-state index is 7.00. The van der Waals surface area contributed by atoms with Gasteiger partial charge in [-0.05, 0) is 42.5 Å². The quantitative estimate of drug-likeness (QED) is 0.285. The highest BCUT2D eigenvalue weighted by Crippen LogP contribution is 2.59. The van der Waals surface area contributed by atoms with Crippen LogP contribution in [0.25, 0.3) is 22.2 Å². The van der Waals surface area contributed by atoms with Crippen LogP contribution in [0, 0.1) is 0 Å². The summed E-state index contributed by atoms with van der Waals surface area (Å²) in [6.07, 6.45) is 0. The summed E-state index contributed by atoms with van der Waals surface area (Å²) in [6.45, 7) is 0. The molecular weight excluding hydrogens is 406 g/mol. The number of benzene rings is 4. The molecule has 0 bridgehead atoms. The molecule has 2 aliphatic heterocycles. The van der Waals surface area contributed by atoms with Gasteiger partial charge in [0.25, 0.3) is 0 Å². The number of aromatic amines is 1. The Hall–Kier alpha value is -3.69. The van der Waals surface area contributed by atoms with Crippen LogP contribution in [0.5, 0.6) is 17.2 Å². The lowest BCUT2D eigenvalue weighted by molar-refractivity contribution is 0.139. The van der Waals surface area contributed by atoms with Gasteiger partial charge in [0, 0.05) is 38.2 Å². The van der Waals surface area contributed by atoms with Crippen LogP contribution in [0.1, 0.15) is 16.7 Å². The van der Waals surface area contributed by atoms with Crippen molar-refractivity contribution in [2.45, 2.75) is 5.60 Å². The second-order valence-electron chi connectivity index (χ2n) is 7.94. The maximum atomic E-state index is 7.00. The molecule has 1 unspecified atom stereocenters. The third kappa shape index (κ3) is 2.14. The predicted molar refractivity (Wildman–Crippen MR) is 122 cm³/mol. The number of aromatic nitrogens is 1. The summed E-state index contributed by atoms with van der Waals surface area (Å²) < 4.78 is 13.3. The fourth-order valence-corrected chi connectivity index (χ4v) is 5.22. The summed E-state index contributed by atoms with van der Waals surface area (Å²) in [7, 11) is 0. The zero-order valence-corrected chi connectivity index (χ0v) is 17.1. The summed E-state index contributed by atoms with van der Waals surface area (Å²) in [5, 5.41) is 1.76. The number of nitrogens with one attached hydrogen (secondary N) is 1. The van der Waals surface area contributed by atoms with Crippen molar-refractivity contribution in [3.8, 4) is 28.5 Å². The average Bonchev–Trinajstić information content (AvgIpc) is 3.20. The van der Waals surface area contributed by atoms with Gasteiger partial charge in [0.05, 0.1) is 5.69 Å². The molecule has 31 heavy (non-hydrogen) atoms. The molecule has 0 amide bonds. The van der Waals surface area contributed by atoms with Crippen molar-refractivity contribution in [1.82, 2.24) is 4.98 Å². The highest BCUT2D eigenvalue weighted by atomic mass is 35.5. The Morgan fingerprint density at radius 2 is 1.45 bits per heavy atom. The summed E-state index contributed by atoms with van der Waals surface area (Å²) >= 11 is 6.51. The first-order valence-corrected chi connectivity index (χ1v) is 10.6. The number of fused-ring (bicyclic) bond motifs is 10. The summed E-state index contributed by atoms with van der Waals surface area (Å²) in [6, 6.07) is 30.4. The standard InChI is InChI=1S/C27H16ClNO2/c28-16-13-14-24-20(15-16)27(19-9-3-6-12-23(19)30-24)25-17-7-1-4-10-21(17)29-26(25)18-8-2-5-11-22(18)31-27/h1-15,29H. The molecule has 1 spiro atoms. The molecule has 1 N–H and O–H groups in total. The summed E-state index contributed by atoms with van der Waals surface area (Å²) in [5.74, 6) is 2.36. The second-order valence-corrected chi connectivity index (χ2v) is 8.38. The number of hydrogen-bond donors (Lipinski definition) is 1. The first-order valence-electron chi connectivity index (χ1n) is 10.2. The predicted octanol–water partition coefficient (Wildman–Crippen LogP) is 7.28. The Kier molecular flexibility index (Phi) is 3.26. The van der Waals surface area contributed by atoms with Crippen LogP contribution >= 0.6 is 11.6 Å². The molecule has 1 atom stereocenters. The number of ether oxygens (including phenoxy) is 2. The molecular formula is C27H16ClNO2. The van der Waals surface area contributed by atoms with Crippen molar-refractivity contribution in [2.24, 2.45) is 0 Å². The molecule has 7 rings (SSSR count). The molecule has 148 valence electrons. The first-order chi connectivity index (χ1) is 15.3. The van der Waals surface area contributed by atoms with E-state index in [4.69, 9.17) is 21.1 Å². The van der Waals surface area contributed by atoms with E-state index in [1.54, 1.807) is 0 Å². The summed E-state index contributed by atoms with van der Waals surface area (Å²) in [5.41, 5.74) is 5.24. The van der Waals surface area contributed by atoms with Gasteiger partial charge in [-0.25, -0.2) is 0 Å². The fourth-order valence-electron chi connectivity index (χ4n) is 5.04. The minimum absolute atomic E-state index is 0.643. The smallest absolute Gasteiger partial charge is 0.194 e. The Bertz CT molecular complexity index is 1520. The Morgan fingerprint density at radius 3 is 2.39 bits per heavy atom.